The van der Waals surface area contributed by atoms with Gasteiger partial charge in [-0.1, -0.05) is 0 Å². The van der Waals surface area contributed by atoms with Gasteiger partial charge in [-0.25, -0.2) is 9.78 Å². The van der Waals surface area contributed by atoms with Crippen LogP contribution in [-0.4, -0.2) is 35.2 Å². The van der Waals surface area contributed by atoms with Crippen molar-refractivity contribution in [3.05, 3.63) is 23.4 Å². The van der Waals surface area contributed by atoms with Crippen molar-refractivity contribution in [1.82, 2.24) is 9.88 Å². The lowest BCUT2D eigenvalue weighted by Gasteiger charge is -2.29. The predicted molar refractivity (Wildman–Crippen MR) is 80.4 cm³/mol. The molecule has 2 rings (SSSR count). The third-order valence-electron chi connectivity index (χ3n) is 3.58. The molecule has 1 aliphatic heterocycles. The van der Waals surface area contributed by atoms with E-state index in [2.05, 4.69) is 4.98 Å². The maximum atomic E-state index is 12.3. The third kappa shape index (κ3) is 3.65. The molecule has 1 aliphatic rings. The fourth-order valence-corrected chi connectivity index (χ4v) is 2.63. The molecular formula is C16H24N2O3. The van der Waals surface area contributed by atoms with Gasteiger partial charge in [-0.2, -0.15) is 0 Å². The number of aromatic nitrogens is 1. The zero-order chi connectivity index (χ0) is 15.6. The first-order valence-electron chi connectivity index (χ1n) is 7.32. The van der Waals surface area contributed by atoms with Crippen LogP contribution in [0.4, 0.5) is 4.79 Å². The highest BCUT2D eigenvalue weighted by Crippen LogP contribution is 2.35. The molecule has 0 aliphatic carbocycles. The van der Waals surface area contributed by atoms with Crippen LogP contribution in [-0.2, 0) is 4.74 Å². The number of hydrogen-bond acceptors (Lipinski definition) is 4. The summed E-state index contributed by atoms with van der Waals surface area (Å²) in [5, 5.41) is 0. The van der Waals surface area contributed by atoms with Crippen LogP contribution in [0.25, 0.3) is 0 Å². The smallest absolute Gasteiger partial charge is 0.410 e. The normalized spacial score (nSPS) is 18.7. The van der Waals surface area contributed by atoms with Crippen LogP contribution < -0.4 is 4.74 Å². The summed E-state index contributed by atoms with van der Waals surface area (Å²) in [6.07, 6.45) is 3.48. The first-order chi connectivity index (χ1) is 9.81. The van der Waals surface area contributed by atoms with Crippen molar-refractivity contribution in [1.29, 1.82) is 0 Å². The Morgan fingerprint density at radius 2 is 2.14 bits per heavy atom. The Hall–Kier alpha value is -1.78. The number of likely N-dealkylation sites (tertiary alicyclic amines) is 1. The van der Waals surface area contributed by atoms with Crippen molar-refractivity contribution < 1.29 is 14.3 Å². The largest absolute Gasteiger partial charge is 0.481 e. The zero-order valence-corrected chi connectivity index (χ0v) is 13.5. The Labute approximate surface area is 126 Å². The maximum absolute atomic E-state index is 12.3. The number of carbonyl (C=O) groups is 1. The third-order valence-corrected chi connectivity index (χ3v) is 3.58. The fraction of sp³-hybridized carbons (Fsp3) is 0.625. The highest BCUT2D eigenvalue weighted by Gasteiger charge is 2.34. The molecule has 1 aromatic heterocycles. The molecule has 1 amide bonds. The van der Waals surface area contributed by atoms with Crippen LogP contribution in [0.2, 0.25) is 0 Å². The molecule has 0 spiro atoms. The second-order valence-electron chi connectivity index (χ2n) is 6.42. The van der Waals surface area contributed by atoms with Crippen LogP contribution in [0, 0.1) is 6.92 Å². The van der Waals surface area contributed by atoms with E-state index in [1.807, 2.05) is 44.9 Å². The summed E-state index contributed by atoms with van der Waals surface area (Å²) in [7, 11) is 1.60. The fourth-order valence-electron chi connectivity index (χ4n) is 2.63. The van der Waals surface area contributed by atoms with Crippen molar-refractivity contribution in [3.8, 4) is 5.88 Å². The SMILES string of the molecule is COc1cc(C)c([C@@H]2CCCN2C(=O)OC(C)(C)C)cn1. The molecule has 2 heterocycles. The zero-order valence-electron chi connectivity index (χ0n) is 13.5. The highest BCUT2D eigenvalue weighted by molar-refractivity contribution is 5.69. The Balaban J connectivity index is 2.20. The van der Waals surface area contributed by atoms with Gasteiger partial charge < -0.3 is 14.4 Å². The molecule has 116 valence electrons. The van der Waals surface area contributed by atoms with Crippen LogP contribution in [0.3, 0.4) is 0 Å². The van der Waals surface area contributed by atoms with Gasteiger partial charge in [-0.15, -0.1) is 0 Å². The minimum Gasteiger partial charge on any atom is -0.481 e. The number of amides is 1. The number of hydrogen-bond donors (Lipinski definition) is 0. The number of rotatable bonds is 2. The van der Waals surface area contributed by atoms with Crippen molar-refractivity contribution in [2.45, 2.75) is 52.2 Å². The monoisotopic (exact) mass is 292 g/mol. The Morgan fingerprint density at radius 1 is 1.43 bits per heavy atom. The van der Waals surface area contributed by atoms with Gasteiger partial charge >= 0.3 is 6.09 Å². The first kappa shape index (κ1) is 15.6. The van der Waals surface area contributed by atoms with E-state index < -0.39 is 5.60 Å². The molecule has 0 radical (unpaired) electrons. The van der Waals surface area contributed by atoms with E-state index in [-0.39, 0.29) is 12.1 Å². The summed E-state index contributed by atoms with van der Waals surface area (Å²) in [5.74, 6) is 0.595. The summed E-state index contributed by atoms with van der Waals surface area (Å²) in [4.78, 5) is 18.4. The van der Waals surface area contributed by atoms with Gasteiger partial charge in [0.15, 0.2) is 0 Å². The van der Waals surface area contributed by atoms with Crippen LogP contribution in [0.5, 0.6) is 5.88 Å². The van der Waals surface area contributed by atoms with Crippen molar-refractivity contribution >= 4 is 6.09 Å². The topological polar surface area (TPSA) is 51.7 Å². The molecule has 1 aromatic rings. The molecule has 5 nitrogen and oxygen atoms in total. The molecule has 1 fully saturated rings. The lowest BCUT2D eigenvalue weighted by Crippen LogP contribution is -2.36. The Bertz CT molecular complexity index is 523. The molecular weight excluding hydrogens is 268 g/mol. The average Bonchev–Trinajstić information content (AvgIpc) is 2.85. The molecule has 0 bridgehead atoms. The number of carbonyl (C=O) groups excluding carboxylic acids is 1. The number of pyridine rings is 1. The van der Waals surface area contributed by atoms with Gasteiger partial charge in [0.25, 0.3) is 0 Å². The van der Waals surface area contributed by atoms with E-state index in [1.54, 1.807) is 7.11 Å². The van der Waals surface area contributed by atoms with Crippen molar-refractivity contribution in [2.75, 3.05) is 13.7 Å². The van der Waals surface area contributed by atoms with Gasteiger partial charge in [0.1, 0.15) is 5.60 Å². The van der Waals surface area contributed by atoms with Gasteiger partial charge in [-0.05, 0) is 51.7 Å². The van der Waals surface area contributed by atoms with Crippen molar-refractivity contribution in [3.63, 3.8) is 0 Å². The number of ether oxygens (including phenoxy) is 2. The summed E-state index contributed by atoms with van der Waals surface area (Å²) in [6.45, 7) is 8.40. The molecule has 0 aromatic carbocycles. The lowest BCUT2D eigenvalue weighted by atomic mass is 10.0. The average molecular weight is 292 g/mol. The molecule has 1 saturated heterocycles. The highest BCUT2D eigenvalue weighted by atomic mass is 16.6. The van der Waals surface area contributed by atoms with Gasteiger partial charge in [0.05, 0.1) is 13.2 Å². The van der Waals surface area contributed by atoms with Crippen LogP contribution in [0.1, 0.15) is 50.8 Å². The quantitative estimate of drug-likeness (QED) is 0.837. The second kappa shape index (κ2) is 5.92. The molecule has 5 heteroatoms. The maximum Gasteiger partial charge on any atom is 0.410 e. The number of methoxy groups -OCH3 is 1. The molecule has 0 unspecified atom stereocenters. The lowest BCUT2D eigenvalue weighted by molar-refractivity contribution is 0.0224. The van der Waals surface area contributed by atoms with E-state index in [9.17, 15) is 4.79 Å². The number of nitrogens with zero attached hydrogens (tertiary/aromatic N) is 2. The summed E-state index contributed by atoms with van der Waals surface area (Å²) >= 11 is 0. The Morgan fingerprint density at radius 3 is 2.71 bits per heavy atom. The standard InChI is InChI=1S/C16H24N2O3/c1-11-9-14(20-5)17-10-12(11)13-7-6-8-18(13)15(19)21-16(2,3)4/h9-10,13H,6-8H2,1-5H3/t13-/m0/s1. The molecule has 0 N–H and O–H groups in total. The van der Waals surface area contributed by atoms with E-state index in [0.717, 1.165) is 30.5 Å². The summed E-state index contributed by atoms with van der Waals surface area (Å²) in [6, 6.07) is 1.94. The van der Waals surface area contributed by atoms with E-state index in [1.165, 1.54) is 0 Å². The molecule has 21 heavy (non-hydrogen) atoms. The number of aryl methyl sites for hydroxylation is 1. The van der Waals surface area contributed by atoms with Crippen molar-refractivity contribution in [2.24, 2.45) is 0 Å². The molecule has 1 atom stereocenters. The summed E-state index contributed by atoms with van der Waals surface area (Å²) < 4.78 is 10.6. The van der Waals surface area contributed by atoms with Gasteiger partial charge in [-0.3, -0.25) is 0 Å². The van der Waals surface area contributed by atoms with E-state index in [4.69, 9.17) is 9.47 Å². The van der Waals surface area contributed by atoms with E-state index in [0.29, 0.717) is 5.88 Å². The minimum absolute atomic E-state index is 0.0401. The van der Waals surface area contributed by atoms with Gasteiger partial charge in [0, 0.05) is 18.8 Å². The second-order valence-corrected chi connectivity index (χ2v) is 6.42. The Kier molecular flexibility index (Phi) is 4.40. The van der Waals surface area contributed by atoms with Gasteiger partial charge in [0.2, 0.25) is 5.88 Å². The summed E-state index contributed by atoms with van der Waals surface area (Å²) in [5.41, 5.74) is 1.68. The molecule has 0 saturated carbocycles. The first-order valence-corrected chi connectivity index (χ1v) is 7.32. The predicted octanol–water partition coefficient (Wildman–Crippen LogP) is 3.47. The van der Waals surface area contributed by atoms with E-state index >= 15 is 0 Å². The van der Waals surface area contributed by atoms with Crippen LogP contribution >= 0.6 is 0 Å². The van der Waals surface area contributed by atoms with Crippen LogP contribution in [0.15, 0.2) is 12.3 Å². The minimum atomic E-state index is -0.475.